The van der Waals surface area contributed by atoms with Crippen molar-refractivity contribution in [1.29, 1.82) is 0 Å². The lowest BCUT2D eigenvalue weighted by Crippen LogP contribution is -2.10. The van der Waals surface area contributed by atoms with Crippen LogP contribution in [0.15, 0.2) is 22.5 Å². The third-order valence-electron chi connectivity index (χ3n) is 4.40. The van der Waals surface area contributed by atoms with Crippen molar-refractivity contribution in [3.05, 3.63) is 22.5 Å². The van der Waals surface area contributed by atoms with Gasteiger partial charge in [0, 0.05) is 38.6 Å². The van der Waals surface area contributed by atoms with Gasteiger partial charge >= 0.3 is 0 Å². The summed E-state index contributed by atoms with van der Waals surface area (Å²) in [6.45, 7) is 6.98. The second-order valence-corrected chi connectivity index (χ2v) is 5.22. The Balaban J connectivity index is 1.94. The van der Waals surface area contributed by atoms with Gasteiger partial charge in [0.1, 0.15) is 0 Å². The number of nitrogens with zero attached hydrogens (tertiary/aromatic N) is 2. The van der Waals surface area contributed by atoms with Crippen molar-refractivity contribution in [2.75, 3.05) is 27.2 Å². The van der Waals surface area contributed by atoms with Crippen LogP contribution >= 0.6 is 0 Å². The average molecular weight is 220 g/mol. The highest BCUT2D eigenvalue weighted by Crippen LogP contribution is 2.30. The first kappa shape index (κ1) is 11.6. The van der Waals surface area contributed by atoms with Crippen LogP contribution in [0.3, 0.4) is 0 Å². The first-order chi connectivity index (χ1) is 7.59. The molecule has 0 amide bonds. The molecule has 90 valence electrons. The predicted molar refractivity (Wildman–Crippen MR) is 69.1 cm³/mol. The lowest BCUT2D eigenvalue weighted by Gasteiger charge is -2.13. The lowest BCUT2D eigenvalue weighted by atomic mass is 10.0. The van der Waals surface area contributed by atoms with E-state index in [4.69, 9.17) is 0 Å². The second kappa shape index (κ2) is 4.52. The Kier molecular flexibility index (Phi) is 3.27. The summed E-state index contributed by atoms with van der Waals surface area (Å²) in [7, 11) is 4.41. The van der Waals surface area contributed by atoms with Crippen LogP contribution in [0, 0.1) is 0 Å². The molecule has 0 radical (unpaired) electrons. The van der Waals surface area contributed by atoms with Gasteiger partial charge in [-0.25, -0.2) is 0 Å². The van der Waals surface area contributed by atoms with Crippen LogP contribution in [0.5, 0.6) is 0 Å². The van der Waals surface area contributed by atoms with Crippen molar-refractivity contribution < 1.29 is 0 Å². The molecule has 2 nitrogen and oxygen atoms in total. The first-order valence-electron chi connectivity index (χ1n) is 6.39. The SMILES string of the molecule is CC1=C(CCC2=C(C)N(C)CC2)CCN1C. The van der Waals surface area contributed by atoms with Crippen molar-refractivity contribution in [1.82, 2.24) is 9.80 Å². The maximum atomic E-state index is 2.39. The lowest BCUT2D eigenvalue weighted by molar-refractivity contribution is 0.460. The molecule has 0 saturated heterocycles. The minimum atomic E-state index is 1.22. The zero-order valence-electron chi connectivity index (χ0n) is 11.1. The molecule has 0 N–H and O–H groups in total. The van der Waals surface area contributed by atoms with E-state index >= 15 is 0 Å². The molecule has 0 spiro atoms. The van der Waals surface area contributed by atoms with Gasteiger partial charge in [-0.1, -0.05) is 0 Å². The molecule has 0 atom stereocenters. The standard InChI is InChI=1S/C14H24N2/c1-11-13(7-9-15(11)3)5-6-14-8-10-16(4)12(14)2/h5-10H2,1-4H3. The molecular formula is C14H24N2. The average Bonchev–Trinajstić information content (AvgIpc) is 2.74. The molecule has 16 heavy (non-hydrogen) atoms. The fraction of sp³-hybridized carbons (Fsp3) is 0.714. The number of hydrogen-bond acceptors (Lipinski definition) is 2. The zero-order valence-corrected chi connectivity index (χ0v) is 11.1. The Hall–Kier alpha value is -0.920. The number of rotatable bonds is 3. The molecule has 2 rings (SSSR count). The van der Waals surface area contributed by atoms with Crippen molar-refractivity contribution in [3.63, 3.8) is 0 Å². The fourth-order valence-corrected chi connectivity index (χ4v) is 2.76. The summed E-state index contributed by atoms with van der Waals surface area (Å²) in [5.74, 6) is 0. The van der Waals surface area contributed by atoms with Gasteiger partial charge in [0.15, 0.2) is 0 Å². The molecule has 0 aromatic carbocycles. The van der Waals surface area contributed by atoms with E-state index in [2.05, 4.69) is 37.7 Å². The van der Waals surface area contributed by atoms with Gasteiger partial charge in [0.25, 0.3) is 0 Å². The highest BCUT2D eigenvalue weighted by atomic mass is 15.1. The molecule has 2 aliphatic rings. The van der Waals surface area contributed by atoms with Gasteiger partial charge in [-0.15, -0.1) is 0 Å². The summed E-state index contributed by atoms with van der Waals surface area (Å²) < 4.78 is 0. The Morgan fingerprint density at radius 1 is 0.812 bits per heavy atom. The minimum Gasteiger partial charge on any atom is -0.378 e. The predicted octanol–water partition coefficient (Wildman–Crippen LogP) is 2.99. The molecule has 0 unspecified atom stereocenters. The van der Waals surface area contributed by atoms with Gasteiger partial charge in [0.05, 0.1) is 0 Å². The van der Waals surface area contributed by atoms with E-state index in [1.54, 1.807) is 11.1 Å². The van der Waals surface area contributed by atoms with Crippen molar-refractivity contribution in [2.24, 2.45) is 0 Å². The number of hydrogen-bond donors (Lipinski definition) is 0. The highest BCUT2D eigenvalue weighted by molar-refractivity contribution is 5.22. The van der Waals surface area contributed by atoms with E-state index in [0.717, 1.165) is 0 Å². The number of allylic oxidation sites excluding steroid dienone is 2. The Morgan fingerprint density at radius 3 is 1.44 bits per heavy atom. The quantitative estimate of drug-likeness (QED) is 0.721. The summed E-state index contributed by atoms with van der Waals surface area (Å²) in [4.78, 5) is 4.77. The summed E-state index contributed by atoms with van der Waals surface area (Å²) >= 11 is 0. The first-order valence-corrected chi connectivity index (χ1v) is 6.39. The molecule has 0 aromatic rings. The summed E-state index contributed by atoms with van der Waals surface area (Å²) in [6.07, 6.45) is 5.11. The molecule has 0 aliphatic carbocycles. The topological polar surface area (TPSA) is 6.48 Å². The van der Waals surface area contributed by atoms with Crippen LogP contribution in [0.2, 0.25) is 0 Å². The van der Waals surface area contributed by atoms with Crippen LogP contribution < -0.4 is 0 Å². The van der Waals surface area contributed by atoms with Crippen molar-refractivity contribution in [2.45, 2.75) is 39.5 Å². The van der Waals surface area contributed by atoms with E-state index in [9.17, 15) is 0 Å². The zero-order chi connectivity index (χ0) is 11.7. The fourth-order valence-electron chi connectivity index (χ4n) is 2.76. The second-order valence-electron chi connectivity index (χ2n) is 5.22. The third-order valence-corrected chi connectivity index (χ3v) is 4.40. The largest absolute Gasteiger partial charge is 0.378 e. The van der Waals surface area contributed by atoms with Gasteiger partial charge in [0.2, 0.25) is 0 Å². The minimum absolute atomic E-state index is 1.22. The summed E-state index contributed by atoms with van der Waals surface area (Å²) in [6, 6.07) is 0. The maximum absolute atomic E-state index is 2.39. The molecule has 0 aromatic heterocycles. The van der Waals surface area contributed by atoms with Gasteiger partial charge in [-0.3, -0.25) is 0 Å². The summed E-state index contributed by atoms with van der Waals surface area (Å²) in [5, 5.41) is 0. The highest BCUT2D eigenvalue weighted by Gasteiger charge is 2.18. The normalized spacial score (nSPS) is 21.8. The van der Waals surface area contributed by atoms with E-state index in [1.165, 1.54) is 50.2 Å². The van der Waals surface area contributed by atoms with Crippen LogP contribution in [0.1, 0.15) is 39.5 Å². The van der Waals surface area contributed by atoms with Crippen molar-refractivity contribution >= 4 is 0 Å². The molecule has 2 heterocycles. The van der Waals surface area contributed by atoms with E-state index in [1.807, 2.05) is 0 Å². The van der Waals surface area contributed by atoms with E-state index < -0.39 is 0 Å². The Labute approximate surface area is 99.6 Å². The molecule has 0 bridgehead atoms. The third kappa shape index (κ3) is 2.11. The monoisotopic (exact) mass is 220 g/mol. The summed E-state index contributed by atoms with van der Waals surface area (Å²) in [5.41, 5.74) is 6.39. The molecule has 0 saturated carbocycles. The van der Waals surface area contributed by atoms with Gasteiger partial charge in [-0.2, -0.15) is 0 Å². The molecular weight excluding hydrogens is 196 g/mol. The molecule has 2 heteroatoms. The van der Waals surface area contributed by atoms with Crippen LogP contribution in [0.4, 0.5) is 0 Å². The van der Waals surface area contributed by atoms with E-state index in [-0.39, 0.29) is 0 Å². The Bertz CT molecular complexity index is 305. The van der Waals surface area contributed by atoms with Crippen molar-refractivity contribution in [3.8, 4) is 0 Å². The van der Waals surface area contributed by atoms with Crippen LogP contribution in [-0.4, -0.2) is 37.0 Å². The Morgan fingerprint density at radius 2 is 1.19 bits per heavy atom. The maximum Gasteiger partial charge on any atom is 0.0209 e. The van der Waals surface area contributed by atoms with Gasteiger partial charge in [-0.05, 0) is 50.7 Å². The smallest absolute Gasteiger partial charge is 0.0209 e. The van der Waals surface area contributed by atoms with Crippen LogP contribution in [0.25, 0.3) is 0 Å². The van der Waals surface area contributed by atoms with Gasteiger partial charge < -0.3 is 9.80 Å². The molecule has 2 aliphatic heterocycles. The molecule has 0 fully saturated rings. The van der Waals surface area contributed by atoms with Crippen LogP contribution in [-0.2, 0) is 0 Å². The van der Waals surface area contributed by atoms with E-state index in [0.29, 0.717) is 0 Å².